The van der Waals surface area contributed by atoms with Crippen LogP contribution in [0.25, 0.3) is 0 Å². The third-order valence-electron chi connectivity index (χ3n) is 10.5. The monoisotopic (exact) mass is 400 g/mol. The van der Waals surface area contributed by atoms with Crippen LogP contribution in [-0.4, -0.2) is 16.9 Å². The first-order chi connectivity index (χ1) is 13.7. The molecule has 9 atom stereocenters. The first-order valence-corrected chi connectivity index (χ1v) is 12.1. The summed E-state index contributed by atoms with van der Waals surface area (Å²) in [6.45, 7) is 9.12. The molecule has 3 nitrogen and oxygen atoms in total. The molecule has 0 saturated heterocycles. The van der Waals surface area contributed by atoms with E-state index in [1.165, 1.54) is 51.0 Å². The first kappa shape index (κ1) is 21.1. The molecule has 0 heterocycles. The molecule has 0 amide bonds. The van der Waals surface area contributed by atoms with E-state index in [9.17, 15) is 9.59 Å². The smallest absolute Gasteiger partial charge is 0.327 e. The summed E-state index contributed by atoms with van der Waals surface area (Å²) in [6.07, 6.45) is 14.6. The van der Waals surface area contributed by atoms with Crippen molar-refractivity contribution in [3.8, 4) is 0 Å². The molecule has 0 bridgehead atoms. The lowest BCUT2D eigenvalue weighted by Gasteiger charge is -2.61. The summed E-state index contributed by atoms with van der Waals surface area (Å²) in [5, 5.41) is 9.04. The third kappa shape index (κ3) is 3.41. The van der Waals surface area contributed by atoms with Gasteiger partial charge in [-0.05, 0) is 111 Å². The number of hydrogen-bond donors (Lipinski definition) is 1. The van der Waals surface area contributed by atoms with Gasteiger partial charge in [0.25, 0.3) is 0 Å². The van der Waals surface area contributed by atoms with Gasteiger partial charge in [0.1, 0.15) is 5.78 Å². The van der Waals surface area contributed by atoms with Crippen LogP contribution < -0.4 is 0 Å². The van der Waals surface area contributed by atoms with Gasteiger partial charge in [0.15, 0.2) is 0 Å². The van der Waals surface area contributed by atoms with Crippen molar-refractivity contribution in [3.63, 3.8) is 0 Å². The van der Waals surface area contributed by atoms with Gasteiger partial charge in [-0.2, -0.15) is 0 Å². The molecule has 0 aliphatic heterocycles. The summed E-state index contributed by atoms with van der Waals surface area (Å²) in [6, 6.07) is 0. The van der Waals surface area contributed by atoms with E-state index in [0.717, 1.165) is 36.5 Å². The highest BCUT2D eigenvalue weighted by atomic mass is 16.4. The molecular formula is C26H40O3. The fourth-order valence-electron chi connectivity index (χ4n) is 8.90. The Hall–Kier alpha value is -1.12. The molecule has 4 fully saturated rings. The molecule has 3 heteroatoms. The normalized spacial score (nSPS) is 47.9. The maximum atomic E-state index is 12.0. The van der Waals surface area contributed by atoms with E-state index in [0.29, 0.717) is 34.4 Å². The SMILES string of the molecule is CC(=O)C1CC[C@@]2(C)C(CC[C@H]3[C@@H]4CC[C@H]([C@H](C)C=CC(=O)O)[C@@]4(C)CC[C@@H]32)C1. The molecule has 4 aliphatic carbocycles. The van der Waals surface area contributed by atoms with Gasteiger partial charge < -0.3 is 5.11 Å². The van der Waals surface area contributed by atoms with Crippen LogP contribution in [0.1, 0.15) is 85.5 Å². The van der Waals surface area contributed by atoms with Crippen molar-refractivity contribution in [2.24, 2.45) is 52.3 Å². The van der Waals surface area contributed by atoms with Crippen molar-refractivity contribution in [1.82, 2.24) is 0 Å². The number of aliphatic carboxylic acids is 1. The van der Waals surface area contributed by atoms with Crippen molar-refractivity contribution in [1.29, 1.82) is 0 Å². The Morgan fingerprint density at radius 3 is 2.34 bits per heavy atom. The lowest BCUT2D eigenvalue weighted by Crippen LogP contribution is -2.54. The van der Waals surface area contributed by atoms with Gasteiger partial charge in [-0.3, -0.25) is 4.79 Å². The van der Waals surface area contributed by atoms with E-state index >= 15 is 0 Å². The lowest BCUT2D eigenvalue weighted by atomic mass is 9.44. The fourth-order valence-corrected chi connectivity index (χ4v) is 8.90. The Kier molecular flexibility index (Phi) is 5.49. The van der Waals surface area contributed by atoms with E-state index in [4.69, 9.17) is 5.11 Å². The fraction of sp³-hybridized carbons (Fsp3) is 0.846. The van der Waals surface area contributed by atoms with Crippen LogP contribution in [0.3, 0.4) is 0 Å². The summed E-state index contributed by atoms with van der Waals surface area (Å²) >= 11 is 0. The number of fused-ring (bicyclic) bond motifs is 5. The largest absolute Gasteiger partial charge is 0.478 e. The van der Waals surface area contributed by atoms with Crippen LogP contribution in [0, 0.1) is 52.3 Å². The number of rotatable bonds is 4. The van der Waals surface area contributed by atoms with E-state index in [2.05, 4.69) is 20.8 Å². The van der Waals surface area contributed by atoms with Gasteiger partial charge in [-0.1, -0.05) is 26.8 Å². The predicted molar refractivity (Wildman–Crippen MR) is 115 cm³/mol. The Morgan fingerprint density at radius 2 is 1.66 bits per heavy atom. The molecule has 0 aromatic heterocycles. The van der Waals surface area contributed by atoms with E-state index in [-0.39, 0.29) is 0 Å². The average molecular weight is 401 g/mol. The minimum absolute atomic E-state index is 0.316. The van der Waals surface area contributed by atoms with Crippen LogP contribution in [0.5, 0.6) is 0 Å². The maximum Gasteiger partial charge on any atom is 0.327 e. The van der Waals surface area contributed by atoms with Gasteiger partial charge in [-0.25, -0.2) is 4.79 Å². The molecule has 4 rings (SSSR count). The Morgan fingerprint density at radius 1 is 0.966 bits per heavy atom. The molecule has 2 unspecified atom stereocenters. The van der Waals surface area contributed by atoms with Crippen molar-refractivity contribution in [2.45, 2.75) is 85.5 Å². The van der Waals surface area contributed by atoms with Gasteiger partial charge in [-0.15, -0.1) is 0 Å². The molecule has 0 radical (unpaired) electrons. The Balaban J connectivity index is 1.53. The number of carboxylic acids is 1. The maximum absolute atomic E-state index is 12.0. The van der Waals surface area contributed by atoms with Crippen molar-refractivity contribution >= 4 is 11.8 Å². The number of carbonyl (C=O) groups excluding carboxylic acids is 1. The summed E-state index contributed by atoms with van der Waals surface area (Å²) < 4.78 is 0. The molecule has 0 aromatic rings. The van der Waals surface area contributed by atoms with Gasteiger partial charge >= 0.3 is 5.97 Å². The average Bonchev–Trinajstić information content (AvgIpc) is 3.02. The zero-order valence-corrected chi connectivity index (χ0v) is 18.8. The van der Waals surface area contributed by atoms with E-state index < -0.39 is 5.97 Å². The van der Waals surface area contributed by atoms with Crippen LogP contribution in [0.15, 0.2) is 12.2 Å². The highest BCUT2D eigenvalue weighted by molar-refractivity contribution is 5.79. The second kappa shape index (κ2) is 7.54. The van der Waals surface area contributed by atoms with Crippen LogP contribution >= 0.6 is 0 Å². The van der Waals surface area contributed by atoms with Gasteiger partial charge in [0.2, 0.25) is 0 Å². The van der Waals surface area contributed by atoms with Gasteiger partial charge in [0.05, 0.1) is 0 Å². The third-order valence-corrected chi connectivity index (χ3v) is 10.5. The van der Waals surface area contributed by atoms with Crippen LogP contribution in [0.4, 0.5) is 0 Å². The van der Waals surface area contributed by atoms with E-state index in [1.54, 1.807) is 6.92 Å². The quantitative estimate of drug-likeness (QED) is 0.578. The Bertz CT molecular complexity index is 696. The number of carboxylic acid groups (broad SMARTS) is 1. The highest BCUT2D eigenvalue weighted by Crippen LogP contribution is 2.68. The number of Topliss-reactive ketones (excluding diaryl/α,β-unsaturated/α-hetero) is 1. The molecule has 0 spiro atoms. The summed E-state index contributed by atoms with van der Waals surface area (Å²) in [5.41, 5.74) is 0.798. The predicted octanol–water partition coefficient (Wildman–Crippen LogP) is 6.13. The summed E-state index contributed by atoms with van der Waals surface area (Å²) in [5.74, 6) is 4.07. The molecule has 0 aromatic carbocycles. The summed E-state index contributed by atoms with van der Waals surface area (Å²) in [4.78, 5) is 23.0. The molecule has 162 valence electrons. The second-order valence-electron chi connectivity index (χ2n) is 11.5. The minimum atomic E-state index is -0.826. The van der Waals surface area contributed by atoms with Crippen molar-refractivity contribution in [3.05, 3.63) is 12.2 Å². The van der Waals surface area contributed by atoms with E-state index in [1.807, 2.05) is 6.08 Å². The zero-order valence-electron chi connectivity index (χ0n) is 18.8. The number of ketones is 1. The number of carbonyl (C=O) groups is 2. The number of hydrogen-bond acceptors (Lipinski definition) is 2. The van der Waals surface area contributed by atoms with Gasteiger partial charge in [0, 0.05) is 12.0 Å². The standard InChI is InChI=1S/C26H40O3/c1-16(5-10-24(28)29)21-8-9-22-20-7-6-19-15-18(17(2)27)11-13-25(19,3)23(20)12-14-26(21,22)4/h5,10,16,18-23H,6-9,11-15H2,1-4H3,(H,28,29)/t16-,18?,19?,20+,21-,22+,23+,25+,26-/m1/s1. The highest BCUT2D eigenvalue weighted by Gasteiger charge is 2.60. The molecule has 4 aliphatic rings. The second-order valence-corrected chi connectivity index (χ2v) is 11.5. The molecular weight excluding hydrogens is 360 g/mol. The van der Waals surface area contributed by atoms with Crippen molar-refractivity contribution < 1.29 is 14.7 Å². The minimum Gasteiger partial charge on any atom is -0.478 e. The Labute approximate surface area is 176 Å². The molecule has 4 saturated carbocycles. The molecule has 29 heavy (non-hydrogen) atoms. The summed E-state index contributed by atoms with van der Waals surface area (Å²) in [7, 11) is 0. The van der Waals surface area contributed by atoms with Crippen molar-refractivity contribution in [2.75, 3.05) is 0 Å². The molecule has 1 N–H and O–H groups in total. The number of allylic oxidation sites excluding steroid dienone is 1. The topological polar surface area (TPSA) is 54.4 Å². The van der Waals surface area contributed by atoms with Crippen LogP contribution in [0.2, 0.25) is 0 Å². The van der Waals surface area contributed by atoms with Crippen LogP contribution in [-0.2, 0) is 9.59 Å². The zero-order chi connectivity index (χ0) is 21.0. The first-order valence-electron chi connectivity index (χ1n) is 12.1. The lowest BCUT2D eigenvalue weighted by molar-refractivity contribution is -0.135.